The second kappa shape index (κ2) is 4.94. The molecule has 0 bridgehead atoms. The van der Waals surface area contributed by atoms with E-state index >= 15 is 0 Å². The van der Waals surface area contributed by atoms with E-state index in [2.05, 4.69) is 14.9 Å². The van der Waals surface area contributed by atoms with Crippen LogP contribution in [0.5, 0.6) is 0 Å². The van der Waals surface area contributed by atoms with Crippen LogP contribution in [0.3, 0.4) is 0 Å². The van der Waals surface area contributed by atoms with E-state index in [-0.39, 0.29) is 11.6 Å². The van der Waals surface area contributed by atoms with E-state index in [0.717, 1.165) is 5.69 Å². The number of aromatic nitrogens is 2. The van der Waals surface area contributed by atoms with Crippen molar-refractivity contribution in [3.63, 3.8) is 0 Å². The Morgan fingerprint density at radius 3 is 2.44 bits per heavy atom. The van der Waals surface area contributed by atoms with Crippen molar-refractivity contribution in [1.29, 1.82) is 0 Å². The summed E-state index contributed by atoms with van der Waals surface area (Å²) in [6.07, 6.45) is 12.9. The summed E-state index contributed by atoms with van der Waals surface area (Å²) in [4.78, 5) is 11.2. The van der Waals surface area contributed by atoms with Gasteiger partial charge >= 0.3 is 0 Å². The van der Waals surface area contributed by atoms with Gasteiger partial charge in [0.1, 0.15) is 0 Å². The quantitative estimate of drug-likeness (QED) is 0.885. The van der Waals surface area contributed by atoms with Crippen LogP contribution in [0, 0.1) is 0 Å². The predicted molar refractivity (Wildman–Crippen MR) is 71.0 cm³/mol. The maximum absolute atomic E-state index is 6.57. The number of nitrogens with two attached hydrogens (primary N) is 1. The highest BCUT2D eigenvalue weighted by molar-refractivity contribution is 5.14. The van der Waals surface area contributed by atoms with Crippen molar-refractivity contribution in [2.24, 2.45) is 5.73 Å². The largest absolute Gasteiger partial charge is 0.321 e. The van der Waals surface area contributed by atoms with Crippen molar-refractivity contribution >= 4 is 0 Å². The van der Waals surface area contributed by atoms with Crippen LogP contribution < -0.4 is 5.73 Å². The van der Waals surface area contributed by atoms with Gasteiger partial charge in [0.25, 0.3) is 0 Å². The maximum Gasteiger partial charge on any atom is 0.0772 e. The van der Waals surface area contributed by atoms with Crippen LogP contribution in [0.15, 0.2) is 18.6 Å². The molecule has 1 aliphatic carbocycles. The van der Waals surface area contributed by atoms with Gasteiger partial charge in [-0.25, -0.2) is 0 Å². The van der Waals surface area contributed by atoms with Gasteiger partial charge in [-0.15, -0.1) is 0 Å². The zero-order valence-corrected chi connectivity index (χ0v) is 10.9. The summed E-state index contributed by atoms with van der Waals surface area (Å²) in [5, 5.41) is 0. The van der Waals surface area contributed by atoms with Gasteiger partial charge in [0.2, 0.25) is 0 Å². The Morgan fingerprint density at radius 1 is 1.11 bits per heavy atom. The lowest BCUT2D eigenvalue weighted by atomic mass is 9.85. The number of nitrogens with zero attached hydrogens (tertiary/aromatic N) is 3. The smallest absolute Gasteiger partial charge is 0.0772 e. The standard InChI is InChI=1S/C14H22N4/c15-13(12-11-16-7-8-17-12)14(5-1-2-6-14)18-9-3-4-10-18/h7-8,11,13H,1-6,9-10,15H2. The van der Waals surface area contributed by atoms with E-state index in [1.165, 1.54) is 51.6 Å². The van der Waals surface area contributed by atoms with Crippen LogP contribution in [-0.4, -0.2) is 33.5 Å². The van der Waals surface area contributed by atoms with Crippen LogP contribution in [0.1, 0.15) is 50.3 Å². The summed E-state index contributed by atoms with van der Waals surface area (Å²) in [5.74, 6) is 0. The molecule has 3 rings (SSSR count). The lowest BCUT2D eigenvalue weighted by Gasteiger charge is -2.43. The normalized spacial score (nSPS) is 25.4. The average molecular weight is 246 g/mol. The molecule has 0 radical (unpaired) electrons. The van der Waals surface area contributed by atoms with Gasteiger partial charge in [0.15, 0.2) is 0 Å². The second-order valence-corrected chi connectivity index (χ2v) is 5.61. The highest BCUT2D eigenvalue weighted by atomic mass is 15.2. The maximum atomic E-state index is 6.57. The molecule has 1 aliphatic heterocycles. The van der Waals surface area contributed by atoms with Gasteiger partial charge in [-0.05, 0) is 38.8 Å². The highest BCUT2D eigenvalue weighted by Crippen LogP contribution is 2.44. The summed E-state index contributed by atoms with van der Waals surface area (Å²) in [5.41, 5.74) is 7.67. The molecule has 1 saturated heterocycles. The van der Waals surface area contributed by atoms with Crippen molar-refractivity contribution in [1.82, 2.24) is 14.9 Å². The van der Waals surface area contributed by atoms with Crippen LogP contribution in [0.2, 0.25) is 0 Å². The van der Waals surface area contributed by atoms with Crippen LogP contribution in [0.4, 0.5) is 0 Å². The summed E-state index contributed by atoms with van der Waals surface area (Å²) in [6.45, 7) is 2.40. The first-order valence-corrected chi connectivity index (χ1v) is 7.09. The van der Waals surface area contributed by atoms with Gasteiger partial charge in [-0.2, -0.15) is 0 Å². The SMILES string of the molecule is NC(c1cnccn1)C1(N2CCCC2)CCCC1. The zero-order valence-electron chi connectivity index (χ0n) is 10.9. The molecule has 4 heteroatoms. The number of hydrogen-bond donors (Lipinski definition) is 1. The van der Waals surface area contributed by atoms with E-state index in [9.17, 15) is 0 Å². The third-order valence-electron chi connectivity index (χ3n) is 4.69. The minimum atomic E-state index is 0.00630. The molecular weight excluding hydrogens is 224 g/mol. The topological polar surface area (TPSA) is 55.0 Å². The molecule has 18 heavy (non-hydrogen) atoms. The third-order valence-corrected chi connectivity index (χ3v) is 4.69. The van der Waals surface area contributed by atoms with Crippen molar-refractivity contribution in [3.05, 3.63) is 24.3 Å². The molecule has 4 nitrogen and oxygen atoms in total. The Morgan fingerprint density at radius 2 is 1.83 bits per heavy atom. The molecule has 1 atom stereocenters. The minimum absolute atomic E-state index is 0.00630. The number of likely N-dealkylation sites (tertiary alicyclic amines) is 1. The number of rotatable bonds is 3. The molecule has 2 heterocycles. The van der Waals surface area contributed by atoms with Crippen molar-refractivity contribution in [2.75, 3.05) is 13.1 Å². The summed E-state index contributed by atoms with van der Waals surface area (Å²) >= 11 is 0. The lowest BCUT2D eigenvalue weighted by Crippen LogP contribution is -2.52. The van der Waals surface area contributed by atoms with Crippen LogP contribution in [0.25, 0.3) is 0 Å². The van der Waals surface area contributed by atoms with Crippen LogP contribution >= 0.6 is 0 Å². The highest BCUT2D eigenvalue weighted by Gasteiger charge is 2.46. The van der Waals surface area contributed by atoms with Crippen molar-refractivity contribution < 1.29 is 0 Å². The molecule has 0 amide bonds. The molecule has 1 aromatic rings. The van der Waals surface area contributed by atoms with Crippen molar-refractivity contribution in [2.45, 2.75) is 50.1 Å². The summed E-state index contributed by atoms with van der Waals surface area (Å²) in [7, 11) is 0. The van der Waals surface area contributed by atoms with Crippen LogP contribution in [-0.2, 0) is 0 Å². The van der Waals surface area contributed by atoms with E-state index in [1.807, 2.05) is 6.20 Å². The average Bonchev–Trinajstić information content (AvgIpc) is 3.10. The Balaban J connectivity index is 1.89. The predicted octanol–water partition coefficient (Wildman–Crippen LogP) is 1.88. The minimum Gasteiger partial charge on any atom is -0.321 e. The molecule has 1 unspecified atom stereocenters. The Hall–Kier alpha value is -1.00. The second-order valence-electron chi connectivity index (χ2n) is 5.61. The fraction of sp³-hybridized carbons (Fsp3) is 0.714. The van der Waals surface area contributed by atoms with Crippen molar-refractivity contribution in [3.8, 4) is 0 Å². The van der Waals surface area contributed by atoms with Gasteiger partial charge in [0.05, 0.1) is 17.9 Å². The Kier molecular flexibility index (Phi) is 3.31. The molecule has 2 fully saturated rings. The Labute approximate surface area is 109 Å². The van der Waals surface area contributed by atoms with E-state index < -0.39 is 0 Å². The van der Waals surface area contributed by atoms with E-state index in [0.29, 0.717) is 0 Å². The lowest BCUT2D eigenvalue weighted by molar-refractivity contribution is 0.0905. The van der Waals surface area contributed by atoms with Gasteiger partial charge < -0.3 is 5.73 Å². The fourth-order valence-electron chi connectivity index (χ4n) is 3.72. The molecule has 2 N–H and O–H groups in total. The molecule has 1 saturated carbocycles. The summed E-state index contributed by atoms with van der Waals surface area (Å²) < 4.78 is 0. The molecule has 0 spiro atoms. The molecular formula is C14H22N4. The molecule has 98 valence electrons. The number of hydrogen-bond acceptors (Lipinski definition) is 4. The summed E-state index contributed by atoms with van der Waals surface area (Å²) in [6, 6.07) is 0.00630. The zero-order chi connectivity index (χ0) is 12.4. The fourth-order valence-corrected chi connectivity index (χ4v) is 3.72. The van der Waals surface area contributed by atoms with E-state index in [1.54, 1.807) is 12.4 Å². The van der Waals surface area contributed by atoms with Gasteiger partial charge in [0, 0.05) is 17.9 Å². The first kappa shape index (κ1) is 12.1. The third kappa shape index (κ3) is 1.93. The first-order chi connectivity index (χ1) is 8.83. The monoisotopic (exact) mass is 246 g/mol. The van der Waals surface area contributed by atoms with Gasteiger partial charge in [-0.1, -0.05) is 12.8 Å². The van der Waals surface area contributed by atoms with E-state index in [4.69, 9.17) is 5.73 Å². The molecule has 1 aromatic heterocycles. The first-order valence-electron chi connectivity index (χ1n) is 7.09. The molecule has 0 aromatic carbocycles. The Bertz CT molecular complexity index is 380. The van der Waals surface area contributed by atoms with Gasteiger partial charge in [-0.3, -0.25) is 14.9 Å². The molecule has 2 aliphatic rings.